The van der Waals surface area contributed by atoms with Crippen molar-refractivity contribution < 1.29 is 33.3 Å². The van der Waals surface area contributed by atoms with E-state index >= 15 is 0 Å². The van der Waals surface area contributed by atoms with Crippen molar-refractivity contribution >= 4 is 28.8 Å². The van der Waals surface area contributed by atoms with Gasteiger partial charge in [0.1, 0.15) is 0 Å². The molecule has 0 aliphatic heterocycles. The minimum Gasteiger partial charge on any atom is -0.466 e. The Hall–Kier alpha value is -1.16. The van der Waals surface area contributed by atoms with Crippen molar-refractivity contribution in [3.05, 3.63) is 0 Å². The lowest BCUT2D eigenvalue weighted by atomic mass is 10.3. The third-order valence-corrected chi connectivity index (χ3v) is 3.74. The molecule has 0 rings (SSSR count). The van der Waals surface area contributed by atoms with E-state index in [9.17, 15) is 14.4 Å². The molecule has 0 unspecified atom stereocenters. The molecular weight excluding hydrogens is 350 g/mol. The topological polar surface area (TPSA) is 100 Å². The van der Waals surface area contributed by atoms with Gasteiger partial charge in [0.05, 0.1) is 46.1 Å². The fourth-order valence-corrected chi connectivity index (χ4v) is 2.33. The largest absolute Gasteiger partial charge is 0.466 e. The minimum atomic E-state index is -0.315. The van der Waals surface area contributed by atoms with Crippen LogP contribution in [-0.4, -0.2) is 76.0 Å². The van der Waals surface area contributed by atoms with Crippen LogP contribution in [0.5, 0.6) is 0 Å². The van der Waals surface area contributed by atoms with Gasteiger partial charge in [0.25, 0.3) is 0 Å². The SMILES string of the molecule is CCOC(=O)CCSC(=O)CCC(=O)NCCOCCOCCOC. The summed E-state index contributed by atoms with van der Waals surface area (Å²) in [6.45, 7) is 4.86. The predicted molar refractivity (Wildman–Crippen MR) is 94.5 cm³/mol. The Balaban J connectivity index is 3.42. The molecule has 25 heavy (non-hydrogen) atoms. The van der Waals surface area contributed by atoms with Gasteiger partial charge >= 0.3 is 5.97 Å². The highest BCUT2D eigenvalue weighted by Gasteiger charge is 2.09. The summed E-state index contributed by atoms with van der Waals surface area (Å²) in [5.41, 5.74) is 0. The van der Waals surface area contributed by atoms with E-state index in [1.807, 2.05) is 0 Å². The third-order valence-electron chi connectivity index (χ3n) is 2.80. The molecule has 0 heterocycles. The summed E-state index contributed by atoms with van der Waals surface area (Å²) < 4.78 is 20.1. The number of rotatable bonds is 16. The molecule has 1 N–H and O–H groups in total. The Kier molecular flexibility index (Phi) is 16.8. The van der Waals surface area contributed by atoms with E-state index in [0.717, 1.165) is 11.8 Å². The van der Waals surface area contributed by atoms with Crippen molar-refractivity contribution in [1.29, 1.82) is 0 Å². The maximum absolute atomic E-state index is 11.6. The molecule has 0 atom stereocenters. The van der Waals surface area contributed by atoms with Gasteiger partial charge in [-0.2, -0.15) is 0 Å². The first-order valence-electron chi connectivity index (χ1n) is 8.32. The second-order valence-electron chi connectivity index (χ2n) is 4.84. The van der Waals surface area contributed by atoms with Crippen LogP contribution in [0.25, 0.3) is 0 Å². The summed E-state index contributed by atoms with van der Waals surface area (Å²) >= 11 is 1.05. The normalized spacial score (nSPS) is 10.5. The lowest BCUT2D eigenvalue weighted by Gasteiger charge is -2.07. The number of nitrogens with one attached hydrogen (secondary N) is 1. The third kappa shape index (κ3) is 17.5. The van der Waals surface area contributed by atoms with E-state index in [4.69, 9.17) is 18.9 Å². The zero-order chi connectivity index (χ0) is 18.8. The molecule has 0 aromatic rings. The molecule has 0 aromatic heterocycles. The number of hydrogen-bond acceptors (Lipinski definition) is 8. The Morgan fingerprint density at radius 2 is 1.60 bits per heavy atom. The van der Waals surface area contributed by atoms with E-state index in [2.05, 4.69) is 5.32 Å². The second kappa shape index (κ2) is 17.7. The number of hydrogen-bond donors (Lipinski definition) is 1. The molecule has 0 saturated carbocycles. The molecule has 0 aromatic carbocycles. The van der Waals surface area contributed by atoms with Crippen LogP contribution in [-0.2, 0) is 33.3 Å². The highest BCUT2D eigenvalue weighted by molar-refractivity contribution is 8.13. The Bertz CT molecular complexity index is 379. The Labute approximate surface area is 153 Å². The minimum absolute atomic E-state index is 0.107. The molecule has 0 aliphatic rings. The average molecular weight is 379 g/mol. The standard InChI is InChI=1S/C16H29NO7S/c1-3-24-15(19)6-13-25-16(20)5-4-14(18)17-7-8-22-11-12-23-10-9-21-2/h3-13H2,1-2H3,(H,17,18). The maximum atomic E-state index is 11.6. The molecule has 1 amide bonds. The van der Waals surface area contributed by atoms with Crippen LogP contribution in [0.3, 0.4) is 0 Å². The number of amides is 1. The first kappa shape index (κ1) is 23.8. The second-order valence-corrected chi connectivity index (χ2v) is 6.00. The van der Waals surface area contributed by atoms with E-state index in [-0.39, 0.29) is 36.3 Å². The summed E-state index contributed by atoms with van der Waals surface area (Å²) in [6, 6.07) is 0. The highest BCUT2D eigenvalue weighted by Crippen LogP contribution is 2.09. The van der Waals surface area contributed by atoms with Crippen LogP contribution in [0.4, 0.5) is 0 Å². The van der Waals surface area contributed by atoms with Gasteiger partial charge < -0.3 is 24.3 Å². The molecule has 0 radical (unpaired) electrons. The number of carbonyl (C=O) groups is 3. The van der Waals surface area contributed by atoms with Gasteiger partial charge in [-0.05, 0) is 6.92 Å². The molecule has 0 spiro atoms. The van der Waals surface area contributed by atoms with Crippen molar-refractivity contribution in [2.24, 2.45) is 0 Å². The molecular formula is C16H29NO7S. The summed E-state index contributed by atoms with van der Waals surface area (Å²) in [5.74, 6) is -0.136. The molecule has 0 aliphatic carbocycles. The summed E-state index contributed by atoms with van der Waals surface area (Å²) in [4.78, 5) is 34.3. The highest BCUT2D eigenvalue weighted by atomic mass is 32.2. The van der Waals surface area contributed by atoms with Gasteiger partial charge in [-0.1, -0.05) is 11.8 Å². The van der Waals surface area contributed by atoms with Crippen LogP contribution in [0.15, 0.2) is 0 Å². The van der Waals surface area contributed by atoms with Gasteiger partial charge in [-0.3, -0.25) is 14.4 Å². The predicted octanol–water partition coefficient (Wildman–Crippen LogP) is 0.775. The average Bonchev–Trinajstić information content (AvgIpc) is 2.58. The summed E-state index contributed by atoms with van der Waals surface area (Å²) in [7, 11) is 1.61. The van der Waals surface area contributed by atoms with E-state index in [1.54, 1.807) is 14.0 Å². The van der Waals surface area contributed by atoms with Crippen LogP contribution >= 0.6 is 11.8 Å². The van der Waals surface area contributed by atoms with Crippen LogP contribution in [0.1, 0.15) is 26.2 Å². The first-order chi connectivity index (χ1) is 12.1. The molecule has 9 heteroatoms. The first-order valence-corrected chi connectivity index (χ1v) is 9.31. The number of methoxy groups -OCH3 is 1. The Morgan fingerprint density at radius 1 is 0.920 bits per heavy atom. The van der Waals surface area contributed by atoms with Crippen molar-refractivity contribution in [2.45, 2.75) is 26.2 Å². The molecule has 0 bridgehead atoms. The van der Waals surface area contributed by atoms with Gasteiger partial charge in [0, 0.05) is 32.2 Å². The van der Waals surface area contributed by atoms with E-state index in [1.165, 1.54) is 0 Å². The van der Waals surface area contributed by atoms with Crippen molar-refractivity contribution in [3.63, 3.8) is 0 Å². The molecule has 0 saturated heterocycles. The molecule has 8 nitrogen and oxygen atoms in total. The van der Waals surface area contributed by atoms with E-state index < -0.39 is 0 Å². The lowest BCUT2D eigenvalue weighted by Crippen LogP contribution is -2.27. The fourth-order valence-electron chi connectivity index (χ4n) is 1.58. The maximum Gasteiger partial charge on any atom is 0.306 e. The summed E-state index contributed by atoms with van der Waals surface area (Å²) in [6.07, 6.45) is 0.474. The fraction of sp³-hybridized carbons (Fsp3) is 0.812. The summed E-state index contributed by atoms with van der Waals surface area (Å²) in [5, 5.41) is 2.57. The number of esters is 1. The van der Waals surface area contributed by atoms with Crippen molar-refractivity contribution in [3.8, 4) is 0 Å². The quantitative estimate of drug-likeness (QED) is 0.310. The zero-order valence-corrected chi connectivity index (χ0v) is 15.9. The Morgan fingerprint density at radius 3 is 2.28 bits per heavy atom. The van der Waals surface area contributed by atoms with E-state index in [0.29, 0.717) is 51.9 Å². The van der Waals surface area contributed by atoms with Crippen LogP contribution < -0.4 is 5.32 Å². The smallest absolute Gasteiger partial charge is 0.306 e. The zero-order valence-electron chi connectivity index (χ0n) is 15.0. The van der Waals surface area contributed by atoms with Gasteiger partial charge in [0.2, 0.25) is 5.91 Å². The van der Waals surface area contributed by atoms with Gasteiger partial charge in [-0.15, -0.1) is 0 Å². The van der Waals surface area contributed by atoms with Crippen molar-refractivity contribution in [1.82, 2.24) is 5.32 Å². The van der Waals surface area contributed by atoms with Crippen molar-refractivity contribution in [2.75, 3.05) is 59.0 Å². The molecule has 0 fully saturated rings. The van der Waals surface area contributed by atoms with Crippen LogP contribution in [0, 0.1) is 0 Å². The number of thioether (sulfide) groups is 1. The number of ether oxygens (including phenoxy) is 4. The monoisotopic (exact) mass is 379 g/mol. The van der Waals surface area contributed by atoms with Crippen LogP contribution in [0.2, 0.25) is 0 Å². The lowest BCUT2D eigenvalue weighted by molar-refractivity contribution is -0.142. The van der Waals surface area contributed by atoms with Gasteiger partial charge in [0.15, 0.2) is 5.12 Å². The van der Waals surface area contributed by atoms with Gasteiger partial charge in [-0.25, -0.2) is 0 Å². The molecule has 146 valence electrons. The number of carbonyl (C=O) groups excluding carboxylic acids is 3.